The highest BCUT2D eigenvalue weighted by molar-refractivity contribution is 7.89. The van der Waals surface area contributed by atoms with Gasteiger partial charge in [-0.3, -0.25) is 4.79 Å². The molecule has 0 aliphatic carbocycles. The van der Waals surface area contributed by atoms with Crippen molar-refractivity contribution >= 4 is 15.9 Å². The molecule has 1 aliphatic heterocycles. The van der Waals surface area contributed by atoms with Crippen LogP contribution in [0, 0.1) is 12.7 Å². The van der Waals surface area contributed by atoms with E-state index in [2.05, 4.69) is 0 Å². The lowest BCUT2D eigenvalue weighted by molar-refractivity contribution is -0.130. The fourth-order valence-electron chi connectivity index (χ4n) is 3.35. The summed E-state index contributed by atoms with van der Waals surface area (Å²) in [5.41, 5.74) is 1.55. The predicted octanol–water partition coefficient (Wildman–Crippen LogP) is 2.61. The van der Waals surface area contributed by atoms with Crippen LogP contribution in [0.1, 0.15) is 17.5 Å². The minimum Gasteiger partial charge on any atom is -0.494 e. The lowest BCUT2D eigenvalue weighted by Gasteiger charge is -2.22. The number of amides is 1. The Hall–Kier alpha value is -2.45. The van der Waals surface area contributed by atoms with Gasteiger partial charge < -0.3 is 9.64 Å². The molecule has 1 amide bonds. The molecule has 2 aromatic carbocycles. The number of benzene rings is 2. The number of carbonyl (C=O) groups is 1. The lowest BCUT2D eigenvalue weighted by atomic mass is 10.1. The number of methoxy groups -OCH3 is 1. The van der Waals surface area contributed by atoms with Crippen LogP contribution in [0.25, 0.3) is 0 Å². The van der Waals surface area contributed by atoms with E-state index in [1.54, 1.807) is 35.2 Å². The number of hydrogen-bond acceptors (Lipinski definition) is 4. The van der Waals surface area contributed by atoms with Crippen molar-refractivity contribution in [3.63, 3.8) is 0 Å². The SMILES string of the molecule is COc1ccc(CC(=O)N2CCCN(S(=O)(=O)c3ccc(C)cc3)CC2)cc1F. The van der Waals surface area contributed by atoms with Crippen LogP contribution in [0.2, 0.25) is 0 Å². The molecule has 1 aliphatic rings. The number of nitrogens with zero attached hydrogens (tertiary/aromatic N) is 2. The van der Waals surface area contributed by atoms with Crippen LogP contribution >= 0.6 is 0 Å². The average molecular weight is 421 g/mol. The summed E-state index contributed by atoms with van der Waals surface area (Å²) in [6, 6.07) is 11.2. The molecule has 1 heterocycles. The van der Waals surface area contributed by atoms with Gasteiger partial charge in [0.2, 0.25) is 15.9 Å². The molecular weight excluding hydrogens is 395 g/mol. The first-order chi connectivity index (χ1) is 13.8. The average Bonchev–Trinajstić information content (AvgIpc) is 2.95. The molecule has 0 radical (unpaired) electrons. The molecular formula is C21H25FN2O4S. The first-order valence-corrected chi connectivity index (χ1v) is 10.9. The first kappa shape index (κ1) is 21.3. The topological polar surface area (TPSA) is 66.9 Å². The van der Waals surface area contributed by atoms with Crippen LogP contribution in [0.3, 0.4) is 0 Å². The number of halogens is 1. The van der Waals surface area contributed by atoms with Crippen LogP contribution in [0.15, 0.2) is 47.4 Å². The Morgan fingerprint density at radius 2 is 1.79 bits per heavy atom. The molecule has 6 nitrogen and oxygen atoms in total. The monoisotopic (exact) mass is 420 g/mol. The number of ether oxygens (including phenoxy) is 1. The van der Waals surface area contributed by atoms with E-state index in [-0.39, 0.29) is 29.5 Å². The van der Waals surface area contributed by atoms with Gasteiger partial charge in [-0.2, -0.15) is 4.31 Å². The maximum atomic E-state index is 13.9. The molecule has 0 aromatic heterocycles. The van der Waals surface area contributed by atoms with Gasteiger partial charge in [-0.1, -0.05) is 23.8 Å². The highest BCUT2D eigenvalue weighted by atomic mass is 32.2. The van der Waals surface area contributed by atoms with Gasteiger partial charge in [0.15, 0.2) is 11.6 Å². The molecule has 29 heavy (non-hydrogen) atoms. The summed E-state index contributed by atoms with van der Waals surface area (Å²) < 4.78 is 45.9. The van der Waals surface area contributed by atoms with E-state index >= 15 is 0 Å². The zero-order valence-corrected chi connectivity index (χ0v) is 17.4. The summed E-state index contributed by atoms with van der Waals surface area (Å²) in [6.45, 7) is 3.27. The zero-order valence-electron chi connectivity index (χ0n) is 16.6. The summed E-state index contributed by atoms with van der Waals surface area (Å²) in [5, 5.41) is 0. The second-order valence-electron chi connectivity index (χ2n) is 7.10. The first-order valence-electron chi connectivity index (χ1n) is 9.48. The van der Waals surface area contributed by atoms with Gasteiger partial charge in [-0.15, -0.1) is 0 Å². The van der Waals surface area contributed by atoms with Crippen molar-refractivity contribution in [2.45, 2.75) is 24.7 Å². The molecule has 0 saturated carbocycles. The van der Waals surface area contributed by atoms with Crippen molar-refractivity contribution < 1.29 is 22.3 Å². The van der Waals surface area contributed by atoms with Crippen molar-refractivity contribution in [2.75, 3.05) is 33.3 Å². The number of sulfonamides is 1. The second-order valence-corrected chi connectivity index (χ2v) is 9.04. The minimum atomic E-state index is -3.59. The summed E-state index contributed by atoms with van der Waals surface area (Å²) >= 11 is 0. The largest absolute Gasteiger partial charge is 0.494 e. The van der Waals surface area contributed by atoms with E-state index in [9.17, 15) is 17.6 Å². The molecule has 0 atom stereocenters. The van der Waals surface area contributed by atoms with E-state index in [4.69, 9.17) is 4.74 Å². The Morgan fingerprint density at radius 3 is 2.45 bits per heavy atom. The van der Waals surface area contributed by atoms with Gasteiger partial charge in [0.05, 0.1) is 18.4 Å². The van der Waals surface area contributed by atoms with Crippen LogP contribution in [0.5, 0.6) is 5.75 Å². The molecule has 0 bridgehead atoms. The molecule has 0 unspecified atom stereocenters. The quantitative estimate of drug-likeness (QED) is 0.746. The lowest BCUT2D eigenvalue weighted by Crippen LogP contribution is -2.38. The highest BCUT2D eigenvalue weighted by Gasteiger charge is 2.28. The molecule has 8 heteroatoms. The summed E-state index contributed by atoms with van der Waals surface area (Å²) in [7, 11) is -2.21. The third-order valence-electron chi connectivity index (χ3n) is 5.04. The molecule has 1 saturated heterocycles. The van der Waals surface area contributed by atoms with Gasteiger partial charge in [-0.05, 0) is 43.2 Å². The molecule has 0 N–H and O–H groups in total. The fourth-order valence-corrected chi connectivity index (χ4v) is 4.82. The normalized spacial score (nSPS) is 15.8. The highest BCUT2D eigenvalue weighted by Crippen LogP contribution is 2.20. The van der Waals surface area contributed by atoms with Crippen molar-refractivity contribution in [3.05, 3.63) is 59.4 Å². The van der Waals surface area contributed by atoms with Crippen LogP contribution < -0.4 is 4.74 Å². The minimum absolute atomic E-state index is 0.0611. The Bertz CT molecular complexity index is 977. The second kappa shape index (κ2) is 8.92. The molecule has 1 fully saturated rings. The molecule has 2 aromatic rings. The van der Waals surface area contributed by atoms with Gasteiger partial charge in [-0.25, -0.2) is 12.8 Å². The number of aryl methyl sites for hydroxylation is 1. The number of carbonyl (C=O) groups excluding carboxylic acids is 1. The summed E-state index contributed by atoms with van der Waals surface area (Å²) in [5.74, 6) is -0.527. The van der Waals surface area contributed by atoms with Gasteiger partial charge in [0.25, 0.3) is 0 Å². The molecule has 156 valence electrons. The van der Waals surface area contributed by atoms with Crippen molar-refractivity contribution in [1.82, 2.24) is 9.21 Å². The van der Waals surface area contributed by atoms with Crippen molar-refractivity contribution in [2.24, 2.45) is 0 Å². The number of rotatable bonds is 5. The Labute approximate surface area is 170 Å². The van der Waals surface area contributed by atoms with Crippen LogP contribution in [-0.2, 0) is 21.2 Å². The van der Waals surface area contributed by atoms with Crippen molar-refractivity contribution in [3.8, 4) is 5.75 Å². The van der Waals surface area contributed by atoms with E-state index in [1.165, 1.54) is 23.5 Å². The third kappa shape index (κ3) is 4.94. The van der Waals surface area contributed by atoms with E-state index in [0.717, 1.165) is 5.56 Å². The van der Waals surface area contributed by atoms with Gasteiger partial charge in [0, 0.05) is 26.2 Å². The predicted molar refractivity (Wildman–Crippen MR) is 108 cm³/mol. The van der Waals surface area contributed by atoms with Crippen molar-refractivity contribution in [1.29, 1.82) is 0 Å². The molecule has 0 spiro atoms. The Balaban J connectivity index is 1.65. The summed E-state index contributed by atoms with van der Waals surface area (Å²) in [4.78, 5) is 14.6. The van der Waals surface area contributed by atoms with Crippen LogP contribution in [0.4, 0.5) is 4.39 Å². The summed E-state index contributed by atoms with van der Waals surface area (Å²) in [6.07, 6.45) is 0.611. The van der Waals surface area contributed by atoms with Crippen LogP contribution in [-0.4, -0.2) is 56.8 Å². The fraction of sp³-hybridized carbons (Fsp3) is 0.381. The Kier molecular flexibility index (Phi) is 6.54. The standard InChI is InChI=1S/C21H25FN2O4S/c1-16-4-7-18(8-5-16)29(26,27)24-11-3-10-23(12-13-24)21(25)15-17-6-9-20(28-2)19(22)14-17/h4-9,14H,3,10-13,15H2,1-2H3. The third-order valence-corrected chi connectivity index (χ3v) is 6.95. The number of hydrogen-bond donors (Lipinski definition) is 0. The van der Waals surface area contributed by atoms with Gasteiger partial charge in [0.1, 0.15) is 0 Å². The Morgan fingerprint density at radius 1 is 1.07 bits per heavy atom. The van der Waals surface area contributed by atoms with E-state index in [1.807, 2.05) is 6.92 Å². The van der Waals surface area contributed by atoms with Gasteiger partial charge >= 0.3 is 0 Å². The smallest absolute Gasteiger partial charge is 0.243 e. The maximum Gasteiger partial charge on any atom is 0.243 e. The maximum absolute atomic E-state index is 13.9. The zero-order chi connectivity index (χ0) is 21.0. The van der Waals surface area contributed by atoms with E-state index < -0.39 is 15.8 Å². The molecule has 3 rings (SSSR count). The van der Waals surface area contributed by atoms with E-state index in [0.29, 0.717) is 31.6 Å².